The van der Waals surface area contributed by atoms with Gasteiger partial charge < -0.3 is 5.11 Å². The SMILES string of the molecule is O=C(C[C@H](Sc1ccccc1C(=O)O)c1ccc(F)cc1)c1cccc(F)c1. The molecule has 0 bridgehead atoms. The van der Waals surface area contributed by atoms with Gasteiger partial charge in [-0.3, -0.25) is 4.79 Å². The van der Waals surface area contributed by atoms with E-state index < -0.39 is 22.9 Å². The van der Waals surface area contributed by atoms with Crippen LogP contribution in [0, 0.1) is 11.6 Å². The number of benzene rings is 3. The smallest absolute Gasteiger partial charge is 0.336 e. The molecule has 3 rings (SSSR count). The molecule has 0 aliphatic carbocycles. The largest absolute Gasteiger partial charge is 0.478 e. The van der Waals surface area contributed by atoms with Crippen LogP contribution < -0.4 is 0 Å². The van der Waals surface area contributed by atoms with Crippen molar-refractivity contribution in [3.05, 3.63) is 101 Å². The number of hydrogen-bond donors (Lipinski definition) is 1. The van der Waals surface area contributed by atoms with E-state index in [4.69, 9.17) is 0 Å². The second kappa shape index (κ2) is 8.80. The van der Waals surface area contributed by atoms with Crippen molar-refractivity contribution < 1.29 is 23.5 Å². The lowest BCUT2D eigenvalue weighted by Crippen LogP contribution is -2.07. The summed E-state index contributed by atoms with van der Waals surface area (Å²) >= 11 is 1.21. The molecule has 1 atom stereocenters. The lowest BCUT2D eigenvalue weighted by atomic mass is 10.0. The maximum atomic E-state index is 13.5. The highest BCUT2D eigenvalue weighted by molar-refractivity contribution is 7.99. The Bertz CT molecular complexity index is 1000. The van der Waals surface area contributed by atoms with Crippen molar-refractivity contribution in [3.8, 4) is 0 Å². The Morgan fingerprint density at radius 1 is 0.893 bits per heavy atom. The summed E-state index contributed by atoms with van der Waals surface area (Å²) in [6.45, 7) is 0. The van der Waals surface area contributed by atoms with Gasteiger partial charge in [0.15, 0.2) is 5.78 Å². The molecule has 3 aromatic carbocycles. The van der Waals surface area contributed by atoms with Gasteiger partial charge in [-0.25, -0.2) is 13.6 Å². The number of ketones is 1. The summed E-state index contributed by atoms with van der Waals surface area (Å²) in [7, 11) is 0. The van der Waals surface area contributed by atoms with E-state index in [1.54, 1.807) is 30.3 Å². The Hall–Kier alpha value is -2.99. The van der Waals surface area contributed by atoms with Crippen molar-refractivity contribution in [2.24, 2.45) is 0 Å². The predicted octanol–water partition coefficient (Wildman–Crippen LogP) is 5.77. The molecule has 3 aromatic rings. The lowest BCUT2D eigenvalue weighted by molar-refractivity contribution is 0.0693. The zero-order valence-electron chi connectivity index (χ0n) is 14.6. The lowest BCUT2D eigenvalue weighted by Gasteiger charge is -2.18. The molecule has 0 unspecified atom stereocenters. The number of carbonyl (C=O) groups excluding carboxylic acids is 1. The first-order valence-electron chi connectivity index (χ1n) is 8.47. The summed E-state index contributed by atoms with van der Waals surface area (Å²) in [5.74, 6) is -2.27. The van der Waals surface area contributed by atoms with Crippen molar-refractivity contribution in [2.75, 3.05) is 0 Å². The zero-order chi connectivity index (χ0) is 20.1. The minimum atomic E-state index is -1.07. The minimum Gasteiger partial charge on any atom is -0.478 e. The third-order valence-corrected chi connectivity index (χ3v) is 5.48. The second-order valence-electron chi connectivity index (χ2n) is 6.10. The molecule has 0 fully saturated rings. The molecule has 3 nitrogen and oxygen atoms in total. The van der Waals surface area contributed by atoms with Crippen molar-refractivity contribution in [3.63, 3.8) is 0 Å². The van der Waals surface area contributed by atoms with Crippen LogP contribution in [0.5, 0.6) is 0 Å². The van der Waals surface area contributed by atoms with Gasteiger partial charge in [0.1, 0.15) is 11.6 Å². The molecule has 0 saturated heterocycles. The van der Waals surface area contributed by atoms with Crippen LogP contribution in [0.3, 0.4) is 0 Å². The zero-order valence-corrected chi connectivity index (χ0v) is 15.5. The van der Waals surface area contributed by atoms with Crippen LogP contribution in [0.1, 0.15) is 38.0 Å². The number of carboxylic acid groups (broad SMARTS) is 1. The summed E-state index contributed by atoms with van der Waals surface area (Å²) in [4.78, 5) is 24.7. The van der Waals surface area contributed by atoms with Gasteiger partial charge in [-0.15, -0.1) is 11.8 Å². The van der Waals surface area contributed by atoms with Crippen LogP contribution in [0.25, 0.3) is 0 Å². The highest BCUT2D eigenvalue weighted by Crippen LogP contribution is 2.40. The molecule has 0 aromatic heterocycles. The van der Waals surface area contributed by atoms with Crippen LogP contribution in [-0.4, -0.2) is 16.9 Å². The first-order valence-corrected chi connectivity index (χ1v) is 9.35. The van der Waals surface area contributed by atoms with Gasteiger partial charge in [0, 0.05) is 22.1 Å². The highest BCUT2D eigenvalue weighted by atomic mass is 32.2. The number of Topliss-reactive ketones (excluding diaryl/α,β-unsaturated/α-hetero) is 1. The monoisotopic (exact) mass is 398 g/mol. The van der Waals surface area contributed by atoms with Gasteiger partial charge in [0.05, 0.1) is 5.56 Å². The van der Waals surface area contributed by atoms with E-state index in [9.17, 15) is 23.5 Å². The van der Waals surface area contributed by atoms with E-state index in [0.717, 1.165) is 0 Å². The Balaban J connectivity index is 1.93. The van der Waals surface area contributed by atoms with Gasteiger partial charge >= 0.3 is 5.97 Å². The molecule has 0 radical (unpaired) electrons. The summed E-state index contributed by atoms with van der Waals surface area (Å²) in [6.07, 6.45) is 0.00764. The Kier molecular flexibility index (Phi) is 6.21. The number of carbonyl (C=O) groups is 2. The highest BCUT2D eigenvalue weighted by Gasteiger charge is 2.21. The third kappa shape index (κ3) is 4.84. The van der Waals surface area contributed by atoms with Gasteiger partial charge in [0.2, 0.25) is 0 Å². The van der Waals surface area contributed by atoms with E-state index in [-0.39, 0.29) is 23.3 Å². The number of aromatic carboxylic acids is 1. The average Bonchev–Trinajstić information content (AvgIpc) is 2.68. The molecule has 0 amide bonds. The standard InChI is InChI=1S/C22H16F2O3S/c23-16-10-8-14(9-11-16)21(13-19(25)15-4-3-5-17(24)12-15)28-20-7-2-1-6-18(20)22(26)27/h1-12,21H,13H2,(H,26,27)/t21-/m0/s1. The van der Waals surface area contributed by atoms with Gasteiger partial charge in [-0.1, -0.05) is 36.4 Å². The predicted molar refractivity (Wildman–Crippen MR) is 104 cm³/mol. The molecular weight excluding hydrogens is 382 g/mol. The van der Waals surface area contributed by atoms with E-state index >= 15 is 0 Å². The molecular formula is C22H16F2O3S. The van der Waals surface area contributed by atoms with Crippen LogP contribution in [0.15, 0.2) is 77.7 Å². The van der Waals surface area contributed by atoms with Crippen LogP contribution in [0.4, 0.5) is 8.78 Å². The summed E-state index contributed by atoms with van der Waals surface area (Å²) < 4.78 is 26.8. The van der Waals surface area contributed by atoms with Crippen molar-refractivity contribution in [1.29, 1.82) is 0 Å². The van der Waals surface area contributed by atoms with Crippen LogP contribution in [0.2, 0.25) is 0 Å². The van der Waals surface area contributed by atoms with Crippen LogP contribution >= 0.6 is 11.8 Å². The summed E-state index contributed by atoms with van der Waals surface area (Å²) in [6, 6.07) is 17.6. The molecule has 28 heavy (non-hydrogen) atoms. The van der Waals surface area contributed by atoms with Crippen molar-refractivity contribution in [1.82, 2.24) is 0 Å². The Morgan fingerprint density at radius 3 is 2.29 bits per heavy atom. The third-order valence-electron chi connectivity index (χ3n) is 4.15. The summed E-state index contributed by atoms with van der Waals surface area (Å²) in [5.41, 5.74) is 1.04. The average molecular weight is 398 g/mol. The van der Waals surface area contributed by atoms with Gasteiger partial charge in [-0.05, 0) is 42.0 Å². The van der Waals surface area contributed by atoms with E-state index in [1.165, 1.54) is 54.2 Å². The first-order chi connectivity index (χ1) is 13.4. The fraction of sp³-hybridized carbons (Fsp3) is 0.0909. The Morgan fingerprint density at radius 2 is 1.61 bits per heavy atom. The first kappa shape index (κ1) is 19.8. The van der Waals surface area contributed by atoms with Crippen molar-refractivity contribution in [2.45, 2.75) is 16.6 Å². The number of carboxylic acids is 1. The van der Waals surface area contributed by atoms with Gasteiger partial charge in [0.25, 0.3) is 0 Å². The normalized spacial score (nSPS) is 11.8. The fourth-order valence-corrected chi connectivity index (χ4v) is 4.03. The molecule has 0 heterocycles. The molecule has 0 spiro atoms. The van der Waals surface area contributed by atoms with Crippen molar-refractivity contribution >= 4 is 23.5 Å². The molecule has 0 aliphatic heterocycles. The summed E-state index contributed by atoms with van der Waals surface area (Å²) in [5, 5.41) is 8.94. The number of thioether (sulfide) groups is 1. The molecule has 142 valence electrons. The number of rotatable bonds is 7. The fourth-order valence-electron chi connectivity index (χ4n) is 2.75. The quantitative estimate of drug-likeness (QED) is 0.406. The van der Waals surface area contributed by atoms with E-state index in [0.29, 0.717) is 10.5 Å². The van der Waals surface area contributed by atoms with Gasteiger partial charge in [-0.2, -0.15) is 0 Å². The Labute approximate surface area is 165 Å². The minimum absolute atomic E-state index is 0.00764. The maximum Gasteiger partial charge on any atom is 0.336 e. The van der Waals surface area contributed by atoms with Crippen LogP contribution in [-0.2, 0) is 0 Å². The topological polar surface area (TPSA) is 54.4 Å². The number of halogens is 2. The number of hydrogen-bond acceptors (Lipinski definition) is 3. The van der Waals surface area contributed by atoms with E-state index in [1.807, 2.05) is 0 Å². The molecule has 0 aliphatic rings. The maximum absolute atomic E-state index is 13.5. The molecule has 1 N–H and O–H groups in total. The molecule has 6 heteroatoms. The second-order valence-corrected chi connectivity index (χ2v) is 7.34. The molecule has 0 saturated carbocycles. The van der Waals surface area contributed by atoms with E-state index in [2.05, 4.69) is 0 Å².